The Morgan fingerprint density at radius 2 is 1.50 bits per heavy atom. The molecule has 1 nitrogen and oxygen atoms in total. The van der Waals surface area contributed by atoms with E-state index in [1.54, 1.807) is 0 Å². The Morgan fingerprint density at radius 3 is 1.89 bits per heavy atom. The van der Waals surface area contributed by atoms with E-state index < -0.39 is 0 Å². The molecule has 0 rings (SSSR count). The molecule has 0 aromatic heterocycles. The Morgan fingerprint density at radius 1 is 0.944 bits per heavy atom. The van der Waals surface area contributed by atoms with Crippen LogP contribution >= 0.6 is 0 Å². The third kappa shape index (κ3) is 7.41. The zero-order valence-corrected chi connectivity index (χ0v) is 14.0. The van der Waals surface area contributed by atoms with Gasteiger partial charge in [-0.05, 0) is 43.1 Å². The van der Waals surface area contributed by atoms with E-state index in [0.717, 1.165) is 11.8 Å². The maximum Gasteiger partial charge on any atom is 0.00724 e. The Balaban J connectivity index is 4.38. The minimum Gasteiger partial charge on any atom is -0.314 e. The highest BCUT2D eigenvalue weighted by Gasteiger charge is 2.24. The second-order valence-corrected chi connectivity index (χ2v) is 7.07. The monoisotopic (exact) mass is 255 g/mol. The molecule has 0 aromatic rings. The minimum absolute atomic E-state index is 0.431. The number of hydrogen-bond donors (Lipinski definition) is 1. The third-order valence-corrected chi connectivity index (χ3v) is 4.57. The van der Waals surface area contributed by atoms with Crippen molar-refractivity contribution in [3.63, 3.8) is 0 Å². The summed E-state index contributed by atoms with van der Waals surface area (Å²) in [5.74, 6) is 1.67. The summed E-state index contributed by atoms with van der Waals surface area (Å²) < 4.78 is 0. The van der Waals surface area contributed by atoms with Crippen molar-refractivity contribution in [1.29, 1.82) is 0 Å². The van der Waals surface area contributed by atoms with E-state index in [4.69, 9.17) is 0 Å². The lowest BCUT2D eigenvalue weighted by Gasteiger charge is -2.32. The van der Waals surface area contributed by atoms with Gasteiger partial charge in [0.2, 0.25) is 0 Å². The highest BCUT2D eigenvalue weighted by molar-refractivity contribution is 4.78. The third-order valence-electron chi connectivity index (χ3n) is 4.57. The Labute approximate surface area is 116 Å². The second-order valence-electron chi connectivity index (χ2n) is 7.07. The molecule has 0 bridgehead atoms. The molecule has 0 radical (unpaired) electrons. The molecular formula is C17H37N. The number of rotatable bonds is 9. The highest BCUT2D eigenvalue weighted by Crippen LogP contribution is 2.30. The Bertz CT molecular complexity index is 188. The van der Waals surface area contributed by atoms with Crippen molar-refractivity contribution in [2.24, 2.45) is 17.3 Å². The van der Waals surface area contributed by atoms with E-state index in [0.29, 0.717) is 11.5 Å². The molecule has 0 aliphatic rings. The van der Waals surface area contributed by atoms with Crippen molar-refractivity contribution in [3.8, 4) is 0 Å². The molecule has 0 aliphatic heterocycles. The molecule has 0 saturated carbocycles. The van der Waals surface area contributed by atoms with Gasteiger partial charge >= 0.3 is 0 Å². The van der Waals surface area contributed by atoms with Gasteiger partial charge in [0.25, 0.3) is 0 Å². The Hall–Kier alpha value is -0.0400. The first-order valence-electron chi connectivity index (χ1n) is 8.08. The quantitative estimate of drug-likeness (QED) is 0.593. The molecule has 0 aliphatic carbocycles. The van der Waals surface area contributed by atoms with Gasteiger partial charge in [0.1, 0.15) is 0 Å². The largest absolute Gasteiger partial charge is 0.314 e. The summed E-state index contributed by atoms with van der Waals surface area (Å²) in [6, 6.07) is 0.712. The van der Waals surface area contributed by atoms with Gasteiger partial charge in [-0.15, -0.1) is 0 Å². The second kappa shape index (κ2) is 8.96. The van der Waals surface area contributed by atoms with Gasteiger partial charge in [-0.2, -0.15) is 0 Å². The van der Waals surface area contributed by atoms with Gasteiger partial charge in [-0.1, -0.05) is 61.3 Å². The molecule has 0 fully saturated rings. The first-order chi connectivity index (χ1) is 8.35. The molecule has 18 heavy (non-hydrogen) atoms. The van der Waals surface area contributed by atoms with Crippen molar-refractivity contribution >= 4 is 0 Å². The predicted octanol–water partition coefficient (Wildman–Crippen LogP) is 5.25. The van der Waals surface area contributed by atoms with Crippen LogP contribution in [0, 0.1) is 17.3 Å². The SMILES string of the molecule is CCCNC(CC(CC)CC)CC(C)C(C)(C)C. The summed E-state index contributed by atoms with van der Waals surface area (Å²) in [6.45, 7) is 17.6. The fourth-order valence-electron chi connectivity index (χ4n) is 2.42. The molecule has 0 amide bonds. The van der Waals surface area contributed by atoms with Crippen molar-refractivity contribution in [1.82, 2.24) is 5.32 Å². The number of nitrogens with one attached hydrogen (secondary N) is 1. The minimum atomic E-state index is 0.431. The van der Waals surface area contributed by atoms with Crippen molar-refractivity contribution in [2.45, 2.75) is 86.6 Å². The lowest BCUT2D eigenvalue weighted by atomic mass is 9.77. The van der Waals surface area contributed by atoms with Crippen LogP contribution in [0.2, 0.25) is 0 Å². The van der Waals surface area contributed by atoms with E-state index >= 15 is 0 Å². The van der Waals surface area contributed by atoms with Gasteiger partial charge in [0.05, 0.1) is 0 Å². The highest BCUT2D eigenvalue weighted by atomic mass is 14.9. The molecule has 0 spiro atoms. The molecule has 2 atom stereocenters. The van der Waals surface area contributed by atoms with Gasteiger partial charge in [0, 0.05) is 6.04 Å². The molecule has 1 heteroatoms. The molecule has 0 aromatic carbocycles. The standard InChI is InChI=1S/C17H37N/c1-8-11-18-16(13-15(9-2)10-3)12-14(4)17(5,6)7/h14-16,18H,8-13H2,1-7H3. The van der Waals surface area contributed by atoms with Crippen LogP contribution in [0.3, 0.4) is 0 Å². The molecule has 1 N–H and O–H groups in total. The van der Waals surface area contributed by atoms with Crippen LogP contribution in [0.5, 0.6) is 0 Å². The van der Waals surface area contributed by atoms with Crippen LogP contribution < -0.4 is 5.32 Å². The summed E-state index contributed by atoms with van der Waals surface area (Å²) in [7, 11) is 0. The van der Waals surface area contributed by atoms with Crippen LogP contribution in [0.4, 0.5) is 0 Å². The fourth-order valence-corrected chi connectivity index (χ4v) is 2.42. The summed E-state index contributed by atoms with van der Waals surface area (Å²) in [6.07, 6.45) is 6.56. The van der Waals surface area contributed by atoms with Gasteiger partial charge < -0.3 is 5.32 Å². The normalized spacial score (nSPS) is 16.0. The summed E-state index contributed by atoms with van der Waals surface area (Å²) in [5, 5.41) is 3.77. The molecular weight excluding hydrogens is 218 g/mol. The van der Waals surface area contributed by atoms with Crippen molar-refractivity contribution in [3.05, 3.63) is 0 Å². The first-order valence-corrected chi connectivity index (χ1v) is 8.08. The maximum atomic E-state index is 3.77. The summed E-state index contributed by atoms with van der Waals surface area (Å²) in [5.41, 5.74) is 0.431. The number of hydrogen-bond acceptors (Lipinski definition) is 1. The van der Waals surface area contributed by atoms with E-state index in [9.17, 15) is 0 Å². The van der Waals surface area contributed by atoms with Gasteiger partial charge in [-0.3, -0.25) is 0 Å². The fraction of sp³-hybridized carbons (Fsp3) is 1.00. The zero-order chi connectivity index (χ0) is 14.2. The smallest absolute Gasteiger partial charge is 0.00724 e. The van der Waals surface area contributed by atoms with Crippen molar-refractivity contribution in [2.75, 3.05) is 6.54 Å². The van der Waals surface area contributed by atoms with Crippen LogP contribution in [0.15, 0.2) is 0 Å². The average Bonchev–Trinajstić information content (AvgIpc) is 2.31. The van der Waals surface area contributed by atoms with Crippen LogP contribution in [0.1, 0.15) is 80.6 Å². The van der Waals surface area contributed by atoms with Crippen molar-refractivity contribution < 1.29 is 0 Å². The van der Waals surface area contributed by atoms with E-state index in [1.165, 1.54) is 38.6 Å². The van der Waals surface area contributed by atoms with Gasteiger partial charge in [0.15, 0.2) is 0 Å². The summed E-state index contributed by atoms with van der Waals surface area (Å²) in [4.78, 5) is 0. The lowest BCUT2D eigenvalue weighted by Crippen LogP contribution is -2.35. The molecule has 2 unspecified atom stereocenters. The Kier molecular flexibility index (Phi) is 8.94. The lowest BCUT2D eigenvalue weighted by molar-refractivity contribution is 0.208. The molecule has 110 valence electrons. The van der Waals surface area contributed by atoms with Gasteiger partial charge in [-0.25, -0.2) is 0 Å². The van der Waals surface area contributed by atoms with E-state index in [-0.39, 0.29) is 0 Å². The predicted molar refractivity (Wildman–Crippen MR) is 84.0 cm³/mol. The topological polar surface area (TPSA) is 12.0 Å². The van der Waals surface area contributed by atoms with E-state index in [1.807, 2.05) is 0 Å². The average molecular weight is 255 g/mol. The van der Waals surface area contributed by atoms with E-state index in [2.05, 4.69) is 53.8 Å². The summed E-state index contributed by atoms with van der Waals surface area (Å²) >= 11 is 0. The first kappa shape index (κ1) is 18.0. The molecule has 0 saturated heterocycles. The molecule has 0 heterocycles. The van der Waals surface area contributed by atoms with Crippen LogP contribution in [0.25, 0.3) is 0 Å². The maximum absolute atomic E-state index is 3.77. The zero-order valence-electron chi connectivity index (χ0n) is 14.0. The van der Waals surface area contributed by atoms with Crippen LogP contribution in [-0.4, -0.2) is 12.6 Å². The van der Waals surface area contributed by atoms with Crippen LogP contribution in [-0.2, 0) is 0 Å².